The van der Waals surface area contributed by atoms with Gasteiger partial charge >= 0.3 is 0 Å². The Morgan fingerprint density at radius 2 is 2.00 bits per heavy atom. The number of aryl methyl sites for hydroxylation is 1. The van der Waals surface area contributed by atoms with Crippen LogP contribution in [-0.2, 0) is 6.42 Å². The highest BCUT2D eigenvalue weighted by atomic mass is 16.5. The molecule has 0 fully saturated rings. The smallest absolute Gasteiger partial charge is 0.186 e. The summed E-state index contributed by atoms with van der Waals surface area (Å²) in [5.74, 6) is 0.869. The van der Waals surface area contributed by atoms with Gasteiger partial charge in [-0.05, 0) is 37.1 Å². The van der Waals surface area contributed by atoms with Crippen molar-refractivity contribution in [1.82, 2.24) is 10.2 Å². The average Bonchev–Trinajstić information content (AvgIpc) is 2.62. The van der Waals surface area contributed by atoms with Crippen molar-refractivity contribution < 1.29 is 4.74 Å². The summed E-state index contributed by atoms with van der Waals surface area (Å²) in [6, 6.07) is 16.0. The molecule has 1 N–H and O–H groups in total. The van der Waals surface area contributed by atoms with E-state index in [1.165, 1.54) is 0 Å². The second-order valence-electron chi connectivity index (χ2n) is 5.54. The molecule has 0 aliphatic carbocycles. The van der Waals surface area contributed by atoms with Crippen LogP contribution in [0.2, 0.25) is 0 Å². The van der Waals surface area contributed by atoms with Crippen LogP contribution in [0.5, 0.6) is 5.75 Å². The molecule has 24 heavy (non-hydrogen) atoms. The largest absolute Gasteiger partial charge is 0.496 e. The van der Waals surface area contributed by atoms with Crippen LogP contribution in [0.15, 0.2) is 42.5 Å². The van der Waals surface area contributed by atoms with Crippen molar-refractivity contribution in [2.45, 2.75) is 13.3 Å². The molecule has 0 atom stereocenters. The standard InChI is InChI=1S/C19H18N4O/c1-13-7-8-16-15(11-13)19(17(12-20)23-22-16)21-10-9-14-5-3-4-6-18(14)24-2/h3-8,11H,9-10H2,1-2H3,(H,21,22). The first kappa shape index (κ1) is 15.8. The van der Waals surface area contributed by atoms with Gasteiger partial charge in [-0.3, -0.25) is 0 Å². The Morgan fingerprint density at radius 3 is 2.79 bits per heavy atom. The molecule has 1 heterocycles. The molecule has 3 aromatic rings. The van der Waals surface area contributed by atoms with E-state index in [9.17, 15) is 5.26 Å². The quantitative estimate of drug-likeness (QED) is 0.780. The first-order valence-electron chi connectivity index (χ1n) is 7.76. The lowest BCUT2D eigenvalue weighted by Crippen LogP contribution is -2.09. The van der Waals surface area contributed by atoms with Gasteiger partial charge in [0.1, 0.15) is 11.8 Å². The number of rotatable bonds is 5. The molecule has 0 bridgehead atoms. The van der Waals surface area contributed by atoms with Gasteiger partial charge in [0.15, 0.2) is 5.69 Å². The fourth-order valence-corrected chi connectivity index (χ4v) is 2.71. The number of benzene rings is 2. The van der Waals surface area contributed by atoms with E-state index in [0.29, 0.717) is 12.2 Å². The maximum Gasteiger partial charge on any atom is 0.186 e. The molecule has 3 rings (SSSR count). The molecule has 5 heteroatoms. The number of nitrogens with zero attached hydrogens (tertiary/aromatic N) is 3. The molecule has 2 aromatic carbocycles. The molecule has 0 amide bonds. The van der Waals surface area contributed by atoms with Crippen LogP contribution in [0.25, 0.3) is 10.9 Å². The number of para-hydroxylation sites is 1. The first-order chi connectivity index (χ1) is 11.7. The third-order valence-electron chi connectivity index (χ3n) is 3.91. The second kappa shape index (κ2) is 6.97. The van der Waals surface area contributed by atoms with Crippen molar-refractivity contribution in [3.63, 3.8) is 0 Å². The topological polar surface area (TPSA) is 70.8 Å². The number of nitrogens with one attached hydrogen (secondary N) is 1. The minimum absolute atomic E-state index is 0.313. The third kappa shape index (κ3) is 3.13. The predicted octanol–water partition coefficient (Wildman–Crippen LogP) is 3.47. The lowest BCUT2D eigenvalue weighted by atomic mass is 10.1. The van der Waals surface area contributed by atoms with E-state index in [1.807, 2.05) is 49.4 Å². The molecule has 0 saturated carbocycles. The zero-order valence-corrected chi connectivity index (χ0v) is 13.7. The Kier molecular flexibility index (Phi) is 4.57. The zero-order valence-electron chi connectivity index (χ0n) is 13.7. The SMILES string of the molecule is COc1ccccc1CCNc1c(C#N)nnc2ccc(C)cc12. The highest BCUT2D eigenvalue weighted by molar-refractivity contribution is 5.93. The summed E-state index contributed by atoms with van der Waals surface area (Å²) in [7, 11) is 1.67. The molecular formula is C19H18N4O. The Bertz CT molecular complexity index is 915. The van der Waals surface area contributed by atoms with E-state index in [1.54, 1.807) is 7.11 Å². The Labute approximate surface area is 140 Å². The number of aromatic nitrogens is 2. The molecule has 5 nitrogen and oxygen atoms in total. The molecule has 1 aromatic heterocycles. The zero-order chi connectivity index (χ0) is 16.9. The number of anilines is 1. The van der Waals surface area contributed by atoms with Gasteiger partial charge in [-0.1, -0.05) is 29.8 Å². The Hall–Kier alpha value is -3.13. The van der Waals surface area contributed by atoms with Gasteiger partial charge < -0.3 is 10.1 Å². The maximum atomic E-state index is 9.33. The fourth-order valence-electron chi connectivity index (χ4n) is 2.71. The van der Waals surface area contributed by atoms with Gasteiger partial charge in [-0.15, -0.1) is 10.2 Å². The normalized spacial score (nSPS) is 10.4. The summed E-state index contributed by atoms with van der Waals surface area (Å²) < 4.78 is 5.38. The highest BCUT2D eigenvalue weighted by Gasteiger charge is 2.11. The first-order valence-corrected chi connectivity index (χ1v) is 7.76. The van der Waals surface area contributed by atoms with Crippen LogP contribution in [0.4, 0.5) is 5.69 Å². The number of fused-ring (bicyclic) bond motifs is 1. The summed E-state index contributed by atoms with van der Waals surface area (Å²) in [6.07, 6.45) is 0.782. The van der Waals surface area contributed by atoms with Gasteiger partial charge in [0.05, 0.1) is 18.3 Å². The van der Waals surface area contributed by atoms with Crippen LogP contribution in [0.3, 0.4) is 0 Å². The summed E-state index contributed by atoms with van der Waals surface area (Å²) >= 11 is 0. The van der Waals surface area contributed by atoms with E-state index in [-0.39, 0.29) is 0 Å². The monoisotopic (exact) mass is 318 g/mol. The van der Waals surface area contributed by atoms with Crippen molar-refractivity contribution in [3.05, 3.63) is 59.3 Å². The molecule has 0 spiro atoms. The lowest BCUT2D eigenvalue weighted by Gasteiger charge is -2.12. The van der Waals surface area contributed by atoms with E-state index in [2.05, 4.69) is 21.6 Å². The van der Waals surface area contributed by atoms with Gasteiger partial charge in [0.25, 0.3) is 0 Å². The molecule has 0 radical (unpaired) electrons. The van der Waals surface area contributed by atoms with Crippen LogP contribution < -0.4 is 10.1 Å². The van der Waals surface area contributed by atoms with Crippen LogP contribution >= 0.6 is 0 Å². The minimum Gasteiger partial charge on any atom is -0.496 e. The van der Waals surface area contributed by atoms with Crippen molar-refractivity contribution in [2.24, 2.45) is 0 Å². The second-order valence-corrected chi connectivity index (χ2v) is 5.54. The maximum absolute atomic E-state index is 9.33. The van der Waals surface area contributed by atoms with E-state index in [4.69, 9.17) is 4.74 Å². The van der Waals surface area contributed by atoms with Crippen molar-refractivity contribution in [2.75, 3.05) is 19.0 Å². The van der Waals surface area contributed by atoms with Crippen molar-refractivity contribution >= 4 is 16.6 Å². The van der Waals surface area contributed by atoms with Gasteiger partial charge in [0, 0.05) is 11.9 Å². The Balaban J connectivity index is 1.87. The summed E-state index contributed by atoms with van der Waals surface area (Å²) in [5.41, 5.74) is 4.06. The molecule has 0 aliphatic heterocycles. The highest BCUT2D eigenvalue weighted by Crippen LogP contribution is 2.25. The summed E-state index contributed by atoms with van der Waals surface area (Å²) in [5, 5.41) is 21.7. The predicted molar refractivity (Wildman–Crippen MR) is 94.2 cm³/mol. The number of nitriles is 1. The van der Waals surface area contributed by atoms with Crippen LogP contribution in [-0.4, -0.2) is 23.9 Å². The van der Waals surface area contributed by atoms with Crippen LogP contribution in [0, 0.1) is 18.3 Å². The Morgan fingerprint density at radius 1 is 1.17 bits per heavy atom. The van der Waals surface area contributed by atoms with E-state index >= 15 is 0 Å². The number of methoxy groups -OCH3 is 1. The minimum atomic E-state index is 0.313. The molecule has 0 unspecified atom stereocenters. The van der Waals surface area contributed by atoms with Gasteiger partial charge in [0.2, 0.25) is 0 Å². The molecule has 120 valence electrons. The van der Waals surface area contributed by atoms with Crippen LogP contribution in [0.1, 0.15) is 16.8 Å². The lowest BCUT2D eigenvalue weighted by molar-refractivity contribution is 0.410. The summed E-state index contributed by atoms with van der Waals surface area (Å²) in [6.45, 7) is 2.69. The number of ether oxygens (including phenoxy) is 1. The molecule has 0 aliphatic rings. The van der Waals surface area contributed by atoms with E-state index < -0.39 is 0 Å². The third-order valence-corrected chi connectivity index (χ3v) is 3.91. The fraction of sp³-hybridized carbons (Fsp3) is 0.211. The molecular weight excluding hydrogens is 300 g/mol. The van der Waals surface area contributed by atoms with Gasteiger partial charge in [-0.25, -0.2) is 0 Å². The van der Waals surface area contributed by atoms with Crippen molar-refractivity contribution in [1.29, 1.82) is 5.26 Å². The van der Waals surface area contributed by atoms with Crippen molar-refractivity contribution in [3.8, 4) is 11.8 Å². The summed E-state index contributed by atoms with van der Waals surface area (Å²) in [4.78, 5) is 0. The van der Waals surface area contributed by atoms with Gasteiger partial charge in [-0.2, -0.15) is 5.26 Å². The average molecular weight is 318 g/mol. The number of hydrogen-bond donors (Lipinski definition) is 1. The number of hydrogen-bond acceptors (Lipinski definition) is 5. The van der Waals surface area contributed by atoms with E-state index in [0.717, 1.165) is 39.9 Å². The molecule has 0 saturated heterocycles.